The summed E-state index contributed by atoms with van der Waals surface area (Å²) in [7, 11) is 1.39. The number of nitrogens with zero attached hydrogens (tertiary/aromatic N) is 1. The van der Waals surface area contributed by atoms with E-state index in [1.807, 2.05) is 12.1 Å². The molecule has 0 bridgehead atoms. The fourth-order valence-corrected chi connectivity index (χ4v) is 5.70. The van der Waals surface area contributed by atoms with Gasteiger partial charge in [-0.05, 0) is 43.5 Å². The minimum atomic E-state index is -0.379. The summed E-state index contributed by atoms with van der Waals surface area (Å²) < 4.78 is 5.02. The number of hydrogen-bond acceptors (Lipinski definition) is 6. The zero-order valence-corrected chi connectivity index (χ0v) is 19.9. The third-order valence-electron chi connectivity index (χ3n) is 5.12. The molecule has 0 fully saturated rings. The molecule has 0 saturated carbocycles. The van der Waals surface area contributed by atoms with E-state index in [4.69, 9.17) is 4.74 Å². The Morgan fingerprint density at radius 1 is 1.20 bits per heavy atom. The summed E-state index contributed by atoms with van der Waals surface area (Å²) in [4.78, 5) is 29.9. The Balaban J connectivity index is 1.75. The number of anilines is 1. The number of amides is 1. The first kappa shape index (κ1) is 22.8. The summed E-state index contributed by atoms with van der Waals surface area (Å²) in [5.74, 6) is -0.500. The molecule has 0 aliphatic carbocycles. The predicted octanol–water partition coefficient (Wildman–Crippen LogP) is 4.98. The van der Waals surface area contributed by atoms with Gasteiger partial charge in [0.15, 0.2) is 0 Å². The molecule has 1 aromatic heterocycles. The molecule has 0 radical (unpaired) electrons. The number of thioether (sulfide) groups is 1. The highest BCUT2D eigenvalue weighted by molar-refractivity contribution is 7.99. The number of esters is 1. The van der Waals surface area contributed by atoms with Gasteiger partial charge in [0, 0.05) is 34.2 Å². The standard InChI is InChI=1S/C23H30N2O3S2/c1-14(2)25-11-10-18-19(13-25)30-22(21(18)23(27)28-5)24-20(26)12-16-6-8-17(9-7-16)29-15(3)4/h6-9,14-15H,10-13H2,1-5H3,(H,24,26). The largest absolute Gasteiger partial charge is 0.465 e. The maximum atomic E-state index is 12.7. The van der Waals surface area contributed by atoms with E-state index in [1.54, 1.807) is 11.8 Å². The molecule has 5 nitrogen and oxygen atoms in total. The molecule has 1 amide bonds. The quantitative estimate of drug-likeness (QED) is 0.480. The van der Waals surface area contributed by atoms with Gasteiger partial charge in [-0.3, -0.25) is 9.69 Å². The van der Waals surface area contributed by atoms with E-state index in [0.717, 1.165) is 35.5 Å². The Morgan fingerprint density at radius 3 is 2.50 bits per heavy atom. The van der Waals surface area contributed by atoms with Gasteiger partial charge >= 0.3 is 5.97 Å². The molecule has 2 heterocycles. The van der Waals surface area contributed by atoms with Crippen LogP contribution in [0.25, 0.3) is 0 Å². The van der Waals surface area contributed by atoms with Crippen LogP contribution in [0.15, 0.2) is 29.2 Å². The minimum Gasteiger partial charge on any atom is -0.465 e. The summed E-state index contributed by atoms with van der Waals surface area (Å²) in [6.07, 6.45) is 1.06. The second kappa shape index (κ2) is 9.98. The van der Waals surface area contributed by atoms with Crippen molar-refractivity contribution in [3.63, 3.8) is 0 Å². The van der Waals surface area contributed by atoms with Crippen molar-refractivity contribution in [2.24, 2.45) is 0 Å². The van der Waals surface area contributed by atoms with Gasteiger partial charge in [0.2, 0.25) is 5.91 Å². The second-order valence-corrected chi connectivity index (χ2v) is 10.8. The lowest BCUT2D eigenvalue weighted by Crippen LogP contribution is -2.35. The van der Waals surface area contributed by atoms with Crippen molar-refractivity contribution in [2.45, 2.75) is 63.3 Å². The van der Waals surface area contributed by atoms with Crippen molar-refractivity contribution in [1.29, 1.82) is 0 Å². The highest BCUT2D eigenvalue weighted by Crippen LogP contribution is 2.38. The van der Waals surface area contributed by atoms with Crippen LogP contribution in [0.1, 0.15) is 54.1 Å². The lowest BCUT2D eigenvalue weighted by molar-refractivity contribution is -0.115. The Morgan fingerprint density at radius 2 is 1.90 bits per heavy atom. The molecule has 1 N–H and O–H groups in total. The highest BCUT2D eigenvalue weighted by Gasteiger charge is 2.29. The van der Waals surface area contributed by atoms with Crippen LogP contribution >= 0.6 is 23.1 Å². The normalized spacial score (nSPS) is 14.1. The van der Waals surface area contributed by atoms with Crippen LogP contribution in [0.4, 0.5) is 5.00 Å². The van der Waals surface area contributed by atoms with Gasteiger partial charge in [-0.25, -0.2) is 4.79 Å². The number of rotatable bonds is 7. The Labute approximate surface area is 187 Å². The lowest BCUT2D eigenvalue weighted by Gasteiger charge is -2.30. The first-order chi connectivity index (χ1) is 14.3. The fourth-order valence-electron chi connectivity index (χ4n) is 3.58. The number of thiophene rings is 1. The zero-order valence-electron chi connectivity index (χ0n) is 18.3. The van der Waals surface area contributed by atoms with E-state index in [0.29, 0.717) is 21.9 Å². The summed E-state index contributed by atoms with van der Waals surface area (Å²) >= 11 is 3.30. The van der Waals surface area contributed by atoms with Crippen LogP contribution in [-0.4, -0.2) is 41.7 Å². The fraction of sp³-hybridized carbons (Fsp3) is 0.478. The SMILES string of the molecule is COC(=O)c1c(NC(=O)Cc2ccc(SC(C)C)cc2)sc2c1CCN(C(C)C)C2. The van der Waals surface area contributed by atoms with Crippen molar-refractivity contribution in [3.05, 3.63) is 45.8 Å². The molecular formula is C23H30N2O3S2. The van der Waals surface area contributed by atoms with Gasteiger partial charge in [-0.2, -0.15) is 0 Å². The number of methoxy groups -OCH3 is 1. The average Bonchev–Trinajstić information content (AvgIpc) is 3.05. The summed E-state index contributed by atoms with van der Waals surface area (Å²) in [6, 6.07) is 8.53. The molecule has 0 unspecified atom stereocenters. The topological polar surface area (TPSA) is 58.6 Å². The molecule has 0 saturated heterocycles. The van der Waals surface area contributed by atoms with Crippen molar-refractivity contribution >= 4 is 40.0 Å². The van der Waals surface area contributed by atoms with Crippen LogP contribution in [0.3, 0.4) is 0 Å². The van der Waals surface area contributed by atoms with Gasteiger partial charge in [0.05, 0.1) is 19.1 Å². The summed E-state index contributed by atoms with van der Waals surface area (Å²) in [5, 5.41) is 4.10. The highest BCUT2D eigenvalue weighted by atomic mass is 32.2. The third-order valence-corrected chi connectivity index (χ3v) is 7.27. The van der Waals surface area contributed by atoms with Gasteiger partial charge in [0.25, 0.3) is 0 Å². The first-order valence-electron chi connectivity index (χ1n) is 10.3. The van der Waals surface area contributed by atoms with Crippen LogP contribution < -0.4 is 5.32 Å². The zero-order chi connectivity index (χ0) is 21.8. The lowest BCUT2D eigenvalue weighted by atomic mass is 10.0. The molecule has 7 heteroatoms. The molecule has 1 aliphatic rings. The number of benzene rings is 1. The van der Waals surface area contributed by atoms with E-state index in [9.17, 15) is 9.59 Å². The van der Waals surface area contributed by atoms with E-state index in [1.165, 1.54) is 23.3 Å². The van der Waals surface area contributed by atoms with Crippen molar-refractivity contribution in [3.8, 4) is 0 Å². The van der Waals surface area contributed by atoms with Gasteiger partial charge in [-0.1, -0.05) is 26.0 Å². The Bertz CT molecular complexity index is 904. The average molecular weight is 447 g/mol. The molecule has 0 spiro atoms. The molecule has 30 heavy (non-hydrogen) atoms. The van der Waals surface area contributed by atoms with E-state index >= 15 is 0 Å². The van der Waals surface area contributed by atoms with Crippen molar-refractivity contribution in [1.82, 2.24) is 4.90 Å². The maximum absolute atomic E-state index is 12.7. The van der Waals surface area contributed by atoms with Crippen LogP contribution in [0.2, 0.25) is 0 Å². The molecule has 1 aliphatic heterocycles. The van der Waals surface area contributed by atoms with Gasteiger partial charge in [-0.15, -0.1) is 23.1 Å². The number of hydrogen-bond donors (Lipinski definition) is 1. The Hall–Kier alpha value is -1.83. The van der Waals surface area contributed by atoms with Gasteiger partial charge < -0.3 is 10.1 Å². The van der Waals surface area contributed by atoms with Crippen LogP contribution in [0, 0.1) is 0 Å². The number of carbonyl (C=O) groups is 2. The maximum Gasteiger partial charge on any atom is 0.341 e. The van der Waals surface area contributed by atoms with Crippen molar-refractivity contribution < 1.29 is 14.3 Å². The molecule has 2 aromatic rings. The molecular weight excluding hydrogens is 416 g/mol. The van der Waals surface area contributed by atoms with E-state index < -0.39 is 0 Å². The Kier molecular flexibility index (Phi) is 7.60. The monoisotopic (exact) mass is 446 g/mol. The third kappa shape index (κ3) is 5.45. The van der Waals surface area contributed by atoms with Crippen molar-refractivity contribution in [2.75, 3.05) is 19.0 Å². The number of ether oxygens (including phenoxy) is 1. The molecule has 1 aromatic carbocycles. The molecule has 0 atom stereocenters. The summed E-state index contributed by atoms with van der Waals surface area (Å²) in [5.41, 5.74) is 2.50. The number of nitrogens with one attached hydrogen (secondary N) is 1. The van der Waals surface area contributed by atoms with E-state index in [2.05, 4.69) is 50.0 Å². The van der Waals surface area contributed by atoms with Crippen LogP contribution in [-0.2, 0) is 28.9 Å². The van der Waals surface area contributed by atoms with Crippen LogP contribution in [0.5, 0.6) is 0 Å². The number of carbonyl (C=O) groups excluding carboxylic acids is 2. The first-order valence-corrected chi connectivity index (χ1v) is 12.0. The molecule has 3 rings (SSSR count). The summed E-state index contributed by atoms with van der Waals surface area (Å²) in [6.45, 7) is 10.4. The minimum absolute atomic E-state index is 0.122. The predicted molar refractivity (Wildman–Crippen MR) is 125 cm³/mol. The van der Waals surface area contributed by atoms with E-state index in [-0.39, 0.29) is 18.3 Å². The molecule has 162 valence electrons. The number of fused-ring (bicyclic) bond motifs is 1. The smallest absolute Gasteiger partial charge is 0.341 e. The second-order valence-electron chi connectivity index (χ2n) is 8.05. The van der Waals surface area contributed by atoms with Gasteiger partial charge in [0.1, 0.15) is 5.00 Å².